The van der Waals surface area contributed by atoms with Crippen molar-refractivity contribution < 1.29 is 4.79 Å². The van der Waals surface area contributed by atoms with E-state index < -0.39 is 0 Å². The normalized spacial score (nSPS) is 37.5. The molecule has 0 spiro atoms. The van der Waals surface area contributed by atoms with Crippen LogP contribution in [-0.4, -0.2) is 18.0 Å². The molecular weight excluding hydrogens is 212 g/mol. The Bertz CT molecular complexity index is 288. The van der Waals surface area contributed by atoms with Gasteiger partial charge in [0, 0.05) is 12.1 Å². The number of nitrogens with one attached hydrogen (secondary N) is 1. The topological polar surface area (TPSA) is 55.1 Å². The second kappa shape index (κ2) is 4.97. The molecule has 0 saturated heterocycles. The van der Waals surface area contributed by atoms with Crippen LogP contribution in [-0.2, 0) is 4.79 Å². The van der Waals surface area contributed by atoms with E-state index in [1.807, 2.05) is 0 Å². The summed E-state index contributed by atoms with van der Waals surface area (Å²) in [4.78, 5) is 12.3. The molecule has 98 valence electrons. The van der Waals surface area contributed by atoms with Gasteiger partial charge in [-0.3, -0.25) is 4.79 Å². The molecule has 0 aliphatic heterocycles. The van der Waals surface area contributed by atoms with Gasteiger partial charge in [0.25, 0.3) is 0 Å². The van der Waals surface area contributed by atoms with Crippen LogP contribution in [0, 0.1) is 23.7 Å². The molecule has 2 saturated carbocycles. The second-order valence-electron chi connectivity index (χ2n) is 6.20. The van der Waals surface area contributed by atoms with E-state index in [4.69, 9.17) is 5.73 Å². The predicted molar refractivity (Wildman–Crippen MR) is 69.4 cm³/mol. The van der Waals surface area contributed by atoms with Crippen molar-refractivity contribution in [3.63, 3.8) is 0 Å². The van der Waals surface area contributed by atoms with Gasteiger partial charge in [0.15, 0.2) is 0 Å². The van der Waals surface area contributed by atoms with Crippen molar-refractivity contribution >= 4 is 5.91 Å². The van der Waals surface area contributed by atoms with Crippen LogP contribution in [0.2, 0.25) is 0 Å². The lowest BCUT2D eigenvalue weighted by atomic mass is 9.84. The van der Waals surface area contributed by atoms with Crippen LogP contribution < -0.4 is 11.1 Å². The van der Waals surface area contributed by atoms with Gasteiger partial charge in [0.2, 0.25) is 5.91 Å². The molecule has 5 atom stereocenters. The lowest BCUT2D eigenvalue weighted by Crippen LogP contribution is -2.49. The zero-order chi connectivity index (χ0) is 12.6. The van der Waals surface area contributed by atoms with Crippen molar-refractivity contribution in [3.8, 4) is 0 Å². The van der Waals surface area contributed by atoms with Gasteiger partial charge in [0.05, 0.1) is 5.92 Å². The fraction of sp³-hybridized carbons (Fsp3) is 0.929. The van der Waals surface area contributed by atoms with Crippen LogP contribution in [0.15, 0.2) is 0 Å². The van der Waals surface area contributed by atoms with E-state index in [1.54, 1.807) is 0 Å². The quantitative estimate of drug-likeness (QED) is 0.786. The minimum atomic E-state index is 0.0848. The van der Waals surface area contributed by atoms with E-state index in [0.717, 1.165) is 6.42 Å². The number of carbonyl (C=O) groups is 1. The average molecular weight is 238 g/mol. The Balaban J connectivity index is 1.96. The number of fused-ring (bicyclic) bond motifs is 2. The maximum atomic E-state index is 12.3. The van der Waals surface area contributed by atoms with Crippen LogP contribution in [0.3, 0.4) is 0 Å². The summed E-state index contributed by atoms with van der Waals surface area (Å²) in [6.07, 6.45) is 4.61. The summed E-state index contributed by atoms with van der Waals surface area (Å²) in [5.41, 5.74) is 6.20. The van der Waals surface area contributed by atoms with Crippen LogP contribution in [0.1, 0.15) is 46.5 Å². The number of nitrogens with two attached hydrogens (primary N) is 1. The van der Waals surface area contributed by atoms with Crippen molar-refractivity contribution in [1.82, 2.24) is 5.32 Å². The molecule has 0 radical (unpaired) electrons. The Labute approximate surface area is 105 Å². The fourth-order valence-corrected chi connectivity index (χ4v) is 3.74. The zero-order valence-electron chi connectivity index (χ0n) is 11.3. The molecule has 2 bridgehead atoms. The first-order valence-corrected chi connectivity index (χ1v) is 7.10. The van der Waals surface area contributed by atoms with Gasteiger partial charge in [-0.15, -0.1) is 0 Å². The molecule has 1 amide bonds. The molecule has 3 heteroatoms. The molecular formula is C14H26N2O. The lowest BCUT2D eigenvalue weighted by Gasteiger charge is -2.30. The lowest BCUT2D eigenvalue weighted by molar-refractivity contribution is -0.128. The Hall–Kier alpha value is -0.570. The largest absolute Gasteiger partial charge is 0.353 e. The summed E-state index contributed by atoms with van der Waals surface area (Å²) < 4.78 is 0. The minimum Gasteiger partial charge on any atom is -0.353 e. The van der Waals surface area contributed by atoms with Gasteiger partial charge in [-0.25, -0.2) is 0 Å². The first-order chi connectivity index (χ1) is 8.04. The zero-order valence-corrected chi connectivity index (χ0v) is 11.3. The highest BCUT2D eigenvalue weighted by Crippen LogP contribution is 2.47. The maximum Gasteiger partial charge on any atom is 0.225 e. The van der Waals surface area contributed by atoms with E-state index in [0.29, 0.717) is 23.8 Å². The third-order valence-corrected chi connectivity index (χ3v) is 4.86. The van der Waals surface area contributed by atoms with Crippen molar-refractivity contribution in [1.29, 1.82) is 0 Å². The third kappa shape index (κ3) is 2.35. The van der Waals surface area contributed by atoms with Gasteiger partial charge < -0.3 is 11.1 Å². The Kier molecular flexibility index (Phi) is 3.76. The molecule has 0 aromatic rings. The van der Waals surface area contributed by atoms with Gasteiger partial charge >= 0.3 is 0 Å². The maximum absolute atomic E-state index is 12.3. The molecule has 2 rings (SSSR count). The molecule has 0 aromatic carbocycles. The summed E-state index contributed by atoms with van der Waals surface area (Å²) in [7, 11) is 0. The van der Waals surface area contributed by atoms with Crippen molar-refractivity contribution in [2.24, 2.45) is 29.4 Å². The molecule has 0 heterocycles. The molecule has 3 N–H and O–H groups in total. The highest BCUT2D eigenvalue weighted by molar-refractivity contribution is 5.80. The standard InChI is InChI=1S/C14H26N2O/c1-4-11(8(2)3)16-14(17)12-9-5-6-10(7-9)13(12)15/h8-13H,4-7,15H2,1-3H3,(H,16,17). The SMILES string of the molecule is CCC(NC(=O)C1C2CCC(C2)C1N)C(C)C. The number of amides is 1. The first-order valence-electron chi connectivity index (χ1n) is 7.10. The third-order valence-electron chi connectivity index (χ3n) is 4.86. The Morgan fingerprint density at radius 3 is 2.47 bits per heavy atom. The molecule has 3 nitrogen and oxygen atoms in total. The second-order valence-corrected chi connectivity index (χ2v) is 6.20. The molecule has 5 unspecified atom stereocenters. The minimum absolute atomic E-state index is 0.0848. The molecule has 17 heavy (non-hydrogen) atoms. The fourth-order valence-electron chi connectivity index (χ4n) is 3.74. The van der Waals surface area contributed by atoms with E-state index in [9.17, 15) is 4.79 Å². The van der Waals surface area contributed by atoms with Crippen LogP contribution >= 0.6 is 0 Å². The van der Waals surface area contributed by atoms with Gasteiger partial charge in [0.1, 0.15) is 0 Å². The summed E-state index contributed by atoms with van der Waals surface area (Å²) >= 11 is 0. The van der Waals surface area contributed by atoms with Crippen LogP contribution in [0.4, 0.5) is 0 Å². The molecule has 2 aliphatic rings. The average Bonchev–Trinajstić information content (AvgIpc) is 2.85. The highest BCUT2D eigenvalue weighted by atomic mass is 16.2. The highest BCUT2D eigenvalue weighted by Gasteiger charge is 2.49. The van der Waals surface area contributed by atoms with E-state index in [1.165, 1.54) is 19.3 Å². The van der Waals surface area contributed by atoms with E-state index >= 15 is 0 Å². The molecule has 2 fully saturated rings. The number of carbonyl (C=O) groups excluding carboxylic acids is 1. The Morgan fingerprint density at radius 1 is 1.35 bits per heavy atom. The van der Waals surface area contributed by atoms with Gasteiger partial charge in [-0.05, 0) is 43.4 Å². The van der Waals surface area contributed by atoms with Crippen molar-refractivity contribution in [3.05, 3.63) is 0 Å². The van der Waals surface area contributed by atoms with E-state index in [-0.39, 0.29) is 17.9 Å². The smallest absolute Gasteiger partial charge is 0.225 e. The molecule has 2 aliphatic carbocycles. The number of rotatable bonds is 4. The predicted octanol–water partition coefficient (Wildman–Crippen LogP) is 1.91. The van der Waals surface area contributed by atoms with E-state index in [2.05, 4.69) is 26.1 Å². The summed E-state index contributed by atoms with van der Waals surface area (Å²) in [6.45, 7) is 6.45. The number of hydrogen-bond acceptors (Lipinski definition) is 2. The van der Waals surface area contributed by atoms with Crippen molar-refractivity contribution in [2.45, 2.75) is 58.5 Å². The Morgan fingerprint density at radius 2 is 2.00 bits per heavy atom. The molecule has 0 aromatic heterocycles. The summed E-state index contributed by atoms with van der Waals surface area (Å²) in [5.74, 6) is 1.96. The van der Waals surface area contributed by atoms with Gasteiger partial charge in [-0.1, -0.05) is 20.8 Å². The summed E-state index contributed by atoms with van der Waals surface area (Å²) in [5, 5.41) is 3.20. The monoisotopic (exact) mass is 238 g/mol. The van der Waals surface area contributed by atoms with Crippen LogP contribution in [0.5, 0.6) is 0 Å². The van der Waals surface area contributed by atoms with Gasteiger partial charge in [-0.2, -0.15) is 0 Å². The van der Waals surface area contributed by atoms with Crippen LogP contribution in [0.25, 0.3) is 0 Å². The number of hydrogen-bond donors (Lipinski definition) is 2. The summed E-state index contributed by atoms with van der Waals surface area (Å²) in [6, 6.07) is 0.409. The first kappa shape index (κ1) is 12.9. The van der Waals surface area contributed by atoms with Crippen molar-refractivity contribution in [2.75, 3.05) is 0 Å².